The van der Waals surface area contributed by atoms with Crippen molar-refractivity contribution in [3.05, 3.63) is 0 Å². The van der Waals surface area contributed by atoms with Crippen molar-refractivity contribution in [1.29, 1.82) is 0 Å². The van der Waals surface area contributed by atoms with Crippen LogP contribution in [0.2, 0.25) is 0 Å². The third-order valence-corrected chi connectivity index (χ3v) is 5.36. The van der Waals surface area contributed by atoms with Crippen molar-refractivity contribution in [2.45, 2.75) is 117 Å². The zero-order valence-corrected chi connectivity index (χ0v) is 17.6. The molecule has 0 heterocycles. The molecule has 0 spiro atoms. The van der Waals surface area contributed by atoms with E-state index in [0.29, 0.717) is 0 Å². The Morgan fingerprint density at radius 1 is 0.480 bits per heavy atom. The monoisotopic (exact) mass is 378 g/mol. The Kier molecular flexibility index (Phi) is 18.6. The Balaban J connectivity index is 3.35. The number of rotatable bonds is 20. The average molecular weight is 379 g/mol. The second-order valence-electron chi connectivity index (χ2n) is 7.00. The number of unbranched alkanes of at least 4 members (excludes halogenated alkanes) is 14. The van der Waals surface area contributed by atoms with Crippen LogP contribution in [0.15, 0.2) is 0 Å². The average Bonchev–Trinajstić information content (AvgIpc) is 2.59. The summed E-state index contributed by atoms with van der Waals surface area (Å²) in [5.41, 5.74) is 0. The van der Waals surface area contributed by atoms with Crippen LogP contribution in [-0.2, 0) is 18.8 Å². The molecule has 5 heteroatoms. The second-order valence-corrected chi connectivity index (χ2v) is 8.29. The molecular weight excluding hydrogens is 336 g/mol. The molecule has 0 atom stereocenters. The Morgan fingerprint density at radius 2 is 0.760 bits per heavy atom. The summed E-state index contributed by atoms with van der Waals surface area (Å²) < 4.78 is 33.0. The van der Waals surface area contributed by atoms with Gasteiger partial charge < -0.3 is 0 Å². The fourth-order valence-corrected chi connectivity index (χ4v) is 3.54. The molecule has 0 radical (unpaired) electrons. The van der Waals surface area contributed by atoms with E-state index < -0.39 is 10.4 Å². The maximum Gasteiger partial charge on any atom is 0.399 e. The van der Waals surface area contributed by atoms with E-state index in [-0.39, 0.29) is 13.2 Å². The molecule has 0 saturated heterocycles. The van der Waals surface area contributed by atoms with Crippen molar-refractivity contribution in [1.82, 2.24) is 0 Å². The van der Waals surface area contributed by atoms with Crippen molar-refractivity contribution in [3.63, 3.8) is 0 Å². The Hall–Kier alpha value is -0.130. The quantitative estimate of drug-likeness (QED) is 0.225. The lowest BCUT2D eigenvalue weighted by Gasteiger charge is -2.06. The lowest BCUT2D eigenvalue weighted by molar-refractivity contribution is 0.208. The maximum absolute atomic E-state index is 11.6. The fourth-order valence-electron chi connectivity index (χ4n) is 2.83. The SMILES string of the molecule is CCCCCCCCCCOS(=O)(=O)OCCCCCCCCCC. The predicted molar refractivity (Wildman–Crippen MR) is 106 cm³/mol. The largest absolute Gasteiger partial charge is 0.399 e. The Morgan fingerprint density at radius 3 is 1.08 bits per heavy atom. The van der Waals surface area contributed by atoms with Gasteiger partial charge in [-0.2, -0.15) is 8.42 Å². The molecule has 0 aromatic heterocycles. The van der Waals surface area contributed by atoms with Gasteiger partial charge in [0.2, 0.25) is 0 Å². The zero-order valence-electron chi connectivity index (χ0n) is 16.8. The first-order valence-electron chi connectivity index (χ1n) is 10.7. The first-order valence-corrected chi connectivity index (χ1v) is 12.0. The van der Waals surface area contributed by atoms with Gasteiger partial charge in [-0.25, -0.2) is 8.37 Å². The maximum atomic E-state index is 11.6. The fraction of sp³-hybridized carbons (Fsp3) is 1.00. The van der Waals surface area contributed by atoms with Gasteiger partial charge in [0, 0.05) is 0 Å². The third kappa shape index (κ3) is 20.0. The number of hydrogen-bond acceptors (Lipinski definition) is 4. The smallest absolute Gasteiger partial charge is 0.248 e. The normalized spacial score (nSPS) is 11.9. The lowest BCUT2D eigenvalue weighted by atomic mass is 10.1. The van der Waals surface area contributed by atoms with E-state index in [1.807, 2.05) is 0 Å². The molecule has 0 unspecified atom stereocenters. The van der Waals surface area contributed by atoms with Crippen LogP contribution in [0.5, 0.6) is 0 Å². The van der Waals surface area contributed by atoms with E-state index in [0.717, 1.165) is 38.5 Å². The van der Waals surface area contributed by atoms with Crippen molar-refractivity contribution < 1.29 is 16.8 Å². The first-order chi connectivity index (χ1) is 12.1. The minimum atomic E-state index is -3.79. The van der Waals surface area contributed by atoms with Crippen LogP contribution in [-0.4, -0.2) is 21.6 Å². The Labute approximate surface area is 157 Å². The molecule has 0 aliphatic heterocycles. The second kappa shape index (κ2) is 18.7. The molecule has 0 amide bonds. The predicted octanol–water partition coefficient (Wildman–Crippen LogP) is 6.55. The van der Waals surface area contributed by atoms with Gasteiger partial charge in [0.25, 0.3) is 0 Å². The van der Waals surface area contributed by atoms with Crippen LogP contribution in [0.1, 0.15) is 117 Å². The Bertz CT molecular complexity index is 327. The molecule has 0 aliphatic rings. The van der Waals surface area contributed by atoms with Gasteiger partial charge in [0.15, 0.2) is 0 Å². The van der Waals surface area contributed by atoms with Crippen molar-refractivity contribution >= 4 is 10.4 Å². The zero-order chi connectivity index (χ0) is 18.6. The summed E-state index contributed by atoms with van der Waals surface area (Å²) in [5.74, 6) is 0. The van der Waals surface area contributed by atoms with Gasteiger partial charge in [0.1, 0.15) is 0 Å². The number of hydrogen-bond donors (Lipinski definition) is 0. The molecule has 0 aromatic rings. The standard InChI is InChI=1S/C20H42O4S/c1-3-5-7-9-11-13-15-17-19-23-25(21,22)24-20-18-16-14-12-10-8-6-4-2/h3-20H2,1-2H3. The van der Waals surface area contributed by atoms with Crippen LogP contribution >= 0.6 is 0 Å². The van der Waals surface area contributed by atoms with Crippen molar-refractivity contribution in [2.75, 3.05) is 13.2 Å². The summed E-state index contributed by atoms with van der Waals surface area (Å²) in [6.45, 7) is 4.92. The van der Waals surface area contributed by atoms with Crippen LogP contribution in [0.25, 0.3) is 0 Å². The topological polar surface area (TPSA) is 52.6 Å². The summed E-state index contributed by atoms with van der Waals surface area (Å²) in [6, 6.07) is 0. The van der Waals surface area contributed by atoms with Gasteiger partial charge in [-0.3, -0.25) is 0 Å². The first kappa shape index (κ1) is 24.9. The van der Waals surface area contributed by atoms with Crippen molar-refractivity contribution in [3.8, 4) is 0 Å². The minimum Gasteiger partial charge on any atom is -0.248 e. The van der Waals surface area contributed by atoms with Gasteiger partial charge in [0.05, 0.1) is 13.2 Å². The molecule has 0 N–H and O–H groups in total. The highest BCUT2D eigenvalue weighted by Crippen LogP contribution is 2.10. The van der Waals surface area contributed by atoms with Crippen LogP contribution < -0.4 is 0 Å². The van der Waals surface area contributed by atoms with E-state index in [2.05, 4.69) is 13.8 Å². The highest BCUT2D eigenvalue weighted by atomic mass is 32.3. The van der Waals surface area contributed by atoms with Crippen LogP contribution in [0.3, 0.4) is 0 Å². The molecule has 4 nitrogen and oxygen atoms in total. The molecule has 0 rings (SSSR count). The highest BCUT2D eigenvalue weighted by molar-refractivity contribution is 7.81. The van der Waals surface area contributed by atoms with E-state index in [1.54, 1.807) is 0 Å². The molecule has 0 aromatic carbocycles. The summed E-state index contributed by atoms with van der Waals surface area (Å²) in [5, 5.41) is 0. The lowest BCUT2D eigenvalue weighted by Crippen LogP contribution is -2.12. The molecule has 0 fully saturated rings. The summed E-state index contributed by atoms with van der Waals surface area (Å²) in [6.07, 6.45) is 18.8. The molecule has 25 heavy (non-hydrogen) atoms. The molecular formula is C20H42O4S. The summed E-state index contributed by atoms with van der Waals surface area (Å²) >= 11 is 0. The minimum absolute atomic E-state index is 0.245. The van der Waals surface area contributed by atoms with E-state index >= 15 is 0 Å². The van der Waals surface area contributed by atoms with E-state index in [4.69, 9.17) is 8.37 Å². The van der Waals surface area contributed by atoms with Crippen molar-refractivity contribution in [2.24, 2.45) is 0 Å². The van der Waals surface area contributed by atoms with Gasteiger partial charge in [-0.1, -0.05) is 104 Å². The van der Waals surface area contributed by atoms with Gasteiger partial charge in [-0.05, 0) is 12.8 Å². The summed E-state index contributed by atoms with van der Waals surface area (Å²) in [4.78, 5) is 0. The molecule has 0 saturated carbocycles. The molecule has 0 bridgehead atoms. The van der Waals surface area contributed by atoms with Crippen LogP contribution in [0, 0.1) is 0 Å². The summed E-state index contributed by atoms with van der Waals surface area (Å²) in [7, 11) is -3.79. The highest BCUT2D eigenvalue weighted by Gasteiger charge is 2.10. The molecule has 152 valence electrons. The third-order valence-electron chi connectivity index (χ3n) is 4.45. The van der Waals surface area contributed by atoms with Gasteiger partial charge in [-0.15, -0.1) is 0 Å². The van der Waals surface area contributed by atoms with E-state index in [1.165, 1.54) is 64.2 Å². The van der Waals surface area contributed by atoms with Gasteiger partial charge >= 0.3 is 10.4 Å². The van der Waals surface area contributed by atoms with Crippen LogP contribution in [0.4, 0.5) is 0 Å². The molecule has 0 aliphatic carbocycles. The van der Waals surface area contributed by atoms with E-state index in [9.17, 15) is 8.42 Å².